The van der Waals surface area contributed by atoms with Gasteiger partial charge in [-0.05, 0) is 25.1 Å². The lowest BCUT2D eigenvalue weighted by Gasteiger charge is -2.14. The van der Waals surface area contributed by atoms with Crippen LogP contribution >= 0.6 is 0 Å². The third-order valence-electron chi connectivity index (χ3n) is 1.93. The van der Waals surface area contributed by atoms with E-state index >= 15 is 0 Å². The van der Waals surface area contributed by atoms with E-state index in [9.17, 15) is 4.21 Å². The number of hydrogen-bond donors (Lipinski definition) is 1. The summed E-state index contributed by atoms with van der Waals surface area (Å²) in [6, 6.07) is 3.85. The van der Waals surface area contributed by atoms with E-state index in [4.69, 9.17) is 4.42 Å². The molecule has 14 heavy (non-hydrogen) atoms. The average molecular weight is 215 g/mol. The number of rotatable bonds is 6. The van der Waals surface area contributed by atoms with E-state index in [1.165, 1.54) is 0 Å². The first-order chi connectivity index (χ1) is 6.74. The maximum atomic E-state index is 11.1. The standard InChI is InChI=1S/C10H17NO2S/c1-3-6-11-9(8-14(2)12)10-5-4-7-13-10/h4-5,7,9,11H,3,6,8H2,1-2H3. The third-order valence-corrected chi connectivity index (χ3v) is 2.73. The molecule has 0 aliphatic heterocycles. The van der Waals surface area contributed by atoms with Crippen LogP contribution < -0.4 is 5.32 Å². The van der Waals surface area contributed by atoms with Crippen molar-refractivity contribution < 1.29 is 8.63 Å². The fourth-order valence-corrected chi connectivity index (χ4v) is 2.04. The maximum Gasteiger partial charge on any atom is 0.121 e. The van der Waals surface area contributed by atoms with E-state index in [0.717, 1.165) is 18.7 Å². The molecule has 0 amide bonds. The van der Waals surface area contributed by atoms with Crippen molar-refractivity contribution in [2.45, 2.75) is 19.4 Å². The highest BCUT2D eigenvalue weighted by molar-refractivity contribution is 7.84. The van der Waals surface area contributed by atoms with Gasteiger partial charge in [0, 0.05) is 22.8 Å². The molecule has 2 atom stereocenters. The molecule has 1 rings (SSSR count). The van der Waals surface area contributed by atoms with Gasteiger partial charge in [0.15, 0.2) is 0 Å². The second-order valence-electron chi connectivity index (χ2n) is 3.26. The van der Waals surface area contributed by atoms with Crippen molar-refractivity contribution in [3.8, 4) is 0 Å². The number of furan rings is 1. The fourth-order valence-electron chi connectivity index (χ4n) is 1.28. The average Bonchev–Trinajstić information content (AvgIpc) is 2.64. The van der Waals surface area contributed by atoms with Crippen molar-refractivity contribution in [3.05, 3.63) is 24.2 Å². The summed E-state index contributed by atoms with van der Waals surface area (Å²) in [4.78, 5) is 0. The number of nitrogens with one attached hydrogen (secondary N) is 1. The molecule has 4 heteroatoms. The largest absolute Gasteiger partial charge is 0.468 e. The van der Waals surface area contributed by atoms with E-state index < -0.39 is 10.8 Å². The lowest BCUT2D eigenvalue weighted by Crippen LogP contribution is -2.26. The summed E-state index contributed by atoms with van der Waals surface area (Å²) in [7, 11) is -0.806. The Morgan fingerprint density at radius 2 is 2.43 bits per heavy atom. The van der Waals surface area contributed by atoms with Gasteiger partial charge in [-0.3, -0.25) is 4.21 Å². The molecule has 0 bridgehead atoms. The second-order valence-corrected chi connectivity index (χ2v) is 4.74. The van der Waals surface area contributed by atoms with Crippen LogP contribution in [0.15, 0.2) is 22.8 Å². The van der Waals surface area contributed by atoms with Crippen molar-refractivity contribution in [2.75, 3.05) is 18.6 Å². The monoisotopic (exact) mass is 215 g/mol. The Balaban J connectivity index is 2.57. The predicted octanol–water partition coefficient (Wildman–Crippen LogP) is 1.70. The van der Waals surface area contributed by atoms with Crippen molar-refractivity contribution in [3.63, 3.8) is 0 Å². The van der Waals surface area contributed by atoms with Crippen LogP contribution in [0.3, 0.4) is 0 Å². The second kappa shape index (κ2) is 5.98. The molecular formula is C10H17NO2S. The first-order valence-electron chi connectivity index (χ1n) is 4.81. The topological polar surface area (TPSA) is 42.2 Å². The maximum absolute atomic E-state index is 11.1. The highest BCUT2D eigenvalue weighted by atomic mass is 32.2. The molecule has 0 aliphatic rings. The molecule has 0 aliphatic carbocycles. The zero-order valence-electron chi connectivity index (χ0n) is 8.66. The Hall–Kier alpha value is -0.610. The van der Waals surface area contributed by atoms with Crippen LogP contribution in [0.25, 0.3) is 0 Å². The van der Waals surface area contributed by atoms with Gasteiger partial charge in [-0.15, -0.1) is 0 Å². The van der Waals surface area contributed by atoms with Crippen LogP contribution in [0.4, 0.5) is 0 Å². The van der Waals surface area contributed by atoms with E-state index in [-0.39, 0.29) is 6.04 Å². The van der Waals surface area contributed by atoms with Gasteiger partial charge < -0.3 is 9.73 Å². The summed E-state index contributed by atoms with van der Waals surface area (Å²) < 4.78 is 16.4. The van der Waals surface area contributed by atoms with Crippen molar-refractivity contribution in [1.29, 1.82) is 0 Å². The molecule has 1 aromatic rings. The van der Waals surface area contributed by atoms with Gasteiger partial charge in [0.1, 0.15) is 5.76 Å². The molecule has 0 saturated carbocycles. The summed E-state index contributed by atoms with van der Waals surface area (Å²) in [5.74, 6) is 1.47. The molecule has 1 N–H and O–H groups in total. The van der Waals surface area contributed by atoms with Crippen LogP contribution in [0.1, 0.15) is 25.1 Å². The van der Waals surface area contributed by atoms with Crippen LogP contribution in [0.2, 0.25) is 0 Å². The molecule has 3 nitrogen and oxygen atoms in total. The minimum absolute atomic E-state index is 0.0794. The molecule has 0 aromatic carbocycles. The van der Waals surface area contributed by atoms with Gasteiger partial charge in [-0.25, -0.2) is 0 Å². The van der Waals surface area contributed by atoms with E-state index in [2.05, 4.69) is 12.2 Å². The quantitative estimate of drug-likeness (QED) is 0.785. The Morgan fingerprint density at radius 3 is 2.93 bits per heavy atom. The molecule has 0 fully saturated rings. The third kappa shape index (κ3) is 3.64. The fraction of sp³-hybridized carbons (Fsp3) is 0.600. The summed E-state index contributed by atoms with van der Waals surface area (Å²) in [5, 5.41) is 3.32. The summed E-state index contributed by atoms with van der Waals surface area (Å²) in [6.07, 6.45) is 4.42. The predicted molar refractivity (Wildman–Crippen MR) is 58.7 cm³/mol. The zero-order valence-corrected chi connectivity index (χ0v) is 9.47. The Kier molecular flexibility index (Phi) is 4.90. The van der Waals surface area contributed by atoms with Crippen LogP contribution in [0, 0.1) is 0 Å². The first kappa shape index (κ1) is 11.5. The van der Waals surface area contributed by atoms with Gasteiger partial charge in [0.2, 0.25) is 0 Å². The summed E-state index contributed by atoms with van der Waals surface area (Å²) in [5.41, 5.74) is 0. The summed E-state index contributed by atoms with van der Waals surface area (Å²) in [6.45, 7) is 3.03. The summed E-state index contributed by atoms with van der Waals surface area (Å²) >= 11 is 0. The van der Waals surface area contributed by atoms with Gasteiger partial charge in [-0.2, -0.15) is 0 Å². The Morgan fingerprint density at radius 1 is 1.64 bits per heavy atom. The van der Waals surface area contributed by atoms with Gasteiger partial charge in [0.05, 0.1) is 12.3 Å². The normalized spacial score (nSPS) is 15.3. The molecule has 1 heterocycles. The molecular weight excluding hydrogens is 198 g/mol. The van der Waals surface area contributed by atoms with Crippen molar-refractivity contribution in [2.24, 2.45) is 0 Å². The first-order valence-corrected chi connectivity index (χ1v) is 6.53. The Bertz CT molecular complexity index is 272. The van der Waals surface area contributed by atoms with Gasteiger partial charge in [-0.1, -0.05) is 6.92 Å². The van der Waals surface area contributed by atoms with Crippen LogP contribution in [-0.2, 0) is 10.8 Å². The highest BCUT2D eigenvalue weighted by Crippen LogP contribution is 2.14. The minimum Gasteiger partial charge on any atom is -0.468 e. The smallest absolute Gasteiger partial charge is 0.121 e. The van der Waals surface area contributed by atoms with E-state index in [1.54, 1.807) is 12.5 Å². The SMILES string of the molecule is CCCNC(CS(C)=O)c1ccco1. The van der Waals surface area contributed by atoms with Gasteiger partial charge >= 0.3 is 0 Å². The van der Waals surface area contributed by atoms with Crippen LogP contribution in [-0.4, -0.2) is 22.8 Å². The van der Waals surface area contributed by atoms with E-state index in [1.807, 2.05) is 12.1 Å². The molecule has 80 valence electrons. The van der Waals surface area contributed by atoms with Crippen LogP contribution in [0.5, 0.6) is 0 Å². The molecule has 1 aromatic heterocycles. The highest BCUT2D eigenvalue weighted by Gasteiger charge is 2.14. The number of hydrogen-bond acceptors (Lipinski definition) is 3. The molecule has 0 spiro atoms. The van der Waals surface area contributed by atoms with Crippen molar-refractivity contribution in [1.82, 2.24) is 5.32 Å². The molecule has 0 radical (unpaired) electrons. The molecule has 2 unspecified atom stereocenters. The zero-order chi connectivity index (χ0) is 10.4. The Labute approximate surface area is 87.3 Å². The van der Waals surface area contributed by atoms with Gasteiger partial charge in [0.25, 0.3) is 0 Å². The lowest BCUT2D eigenvalue weighted by atomic mass is 10.2. The molecule has 0 saturated heterocycles. The van der Waals surface area contributed by atoms with Crippen molar-refractivity contribution >= 4 is 10.8 Å². The minimum atomic E-state index is -0.806. The van der Waals surface area contributed by atoms with E-state index in [0.29, 0.717) is 5.75 Å². The lowest BCUT2D eigenvalue weighted by molar-refractivity contribution is 0.433.